The van der Waals surface area contributed by atoms with E-state index in [2.05, 4.69) is 70.8 Å². The summed E-state index contributed by atoms with van der Waals surface area (Å²) < 4.78 is 8.15. The van der Waals surface area contributed by atoms with Gasteiger partial charge in [0.1, 0.15) is 12.4 Å². The topological polar surface area (TPSA) is 50.6 Å². The van der Waals surface area contributed by atoms with Crippen molar-refractivity contribution < 1.29 is 4.74 Å². The van der Waals surface area contributed by atoms with Crippen LogP contribution in [0.1, 0.15) is 16.7 Å². The van der Waals surface area contributed by atoms with Crippen molar-refractivity contribution in [1.82, 2.24) is 15.3 Å². The molecule has 0 unspecified atom stereocenters. The fourth-order valence-electron chi connectivity index (χ4n) is 3.06. The van der Waals surface area contributed by atoms with Crippen LogP contribution in [0.3, 0.4) is 0 Å². The molecule has 0 aliphatic rings. The number of hydrogen-bond acceptors (Lipinski definition) is 3. The molecule has 0 saturated carbocycles. The summed E-state index contributed by atoms with van der Waals surface area (Å²) in [4.78, 5) is 0. The average Bonchev–Trinajstić information content (AvgIpc) is 2.99. The maximum atomic E-state index is 5.96. The Hall–Kier alpha value is -2.86. The third-order valence-corrected chi connectivity index (χ3v) is 4.51. The molecule has 2 aromatic carbocycles. The van der Waals surface area contributed by atoms with Crippen molar-refractivity contribution >= 4 is 34.4 Å². The van der Waals surface area contributed by atoms with Crippen LogP contribution in [0.25, 0.3) is 10.9 Å². The van der Waals surface area contributed by atoms with Gasteiger partial charge in [-0.15, -0.1) is 0 Å². The van der Waals surface area contributed by atoms with Gasteiger partial charge in [-0.05, 0) is 55.4 Å². The molecule has 6 heteroatoms. The van der Waals surface area contributed by atoms with E-state index in [1.165, 1.54) is 11.1 Å². The molecule has 1 heterocycles. The summed E-state index contributed by atoms with van der Waals surface area (Å²) in [5.74, 6) is 0.913. The van der Waals surface area contributed by atoms with Crippen LogP contribution in [0.4, 0.5) is 0 Å². The molecule has 3 aromatic rings. The average molecular weight is 381 g/mol. The van der Waals surface area contributed by atoms with Crippen LogP contribution in [0.15, 0.2) is 53.8 Å². The molecule has 27 heavy (non-hydrogen) atoms. The molecule has 0 fully saturated rings. The number of hydrogen-bond donors (Lipinski definition) is 2. The minimum atomic E-state index is 0.483. The summed E-state index contributed by atoms with van der Waals surface area (Å²) in [6.07, 6.45) is 3.87. The molecule has 140 valence electrons. The molecule has 2 N–H and O–H groups in total. The van der Waals surface area contributed by atoms with E-state index in [1.807, 2.05) is 12.1 Å². The van der Waals surface area contributed by atoms with Gasteiger partial charge in [0.05, 0.1) is 12.8 Å². The van der Waals surface area contributed by atoms with Crippen LogP contribution < -0.4 is 15.5 Å². The lowest BCUT2D eigenvalue weighted by Gasteiger charge is -2.10. The molecular formula is C21H24N4OS. The van der Waals surface area contributed by atoms with Crippen molar-refractivity contribution in [2.75, 3.05) is 13.7 Å². The van der Waals surface area contributed by atoms with Gasteiger partial charge in [-0.1, -0.05) is 24.3 Å². The van der Waals surface area contributed by atoms with E-state index >= 15 is 0 Å². The highest BCUT2D eigenvalue weighted by atomic mass is 32.1. The molecule has 0 radical (unpaired) electrons. The Morgan fingerprint density at radius 1 is 1.19 bits per heavy atom. The number of aryl methyl sites for hydroxylation is 2. The molecule has 3 rings (SSSR count). The van der Waals surface area contributed by atoms with E-state index in [-0.39, 0.29) is 0 Å². The van der Waals surface area contributed by atoms with Crippen LogP contribution in [0, 0.1) is 13.8 Å². The van der Waals surface area contributed by atoms with Crippen molar-refractivity contribution in [2.24, 2.45) is 5.10 Å². The highest BCUT2D eigenvalue weighted by molar-refractivity contribution is 7.80. The number of thiocarbonyl (C=S) groups is 1. The number of nitrogens with one attached hydrogen (secondary N) is 2. The van der Waals surface area contributed by atoms with Gasteiger partial charge >= 0.3 is 0 Å². The van der Waals surface area contributed by atoms with Gasteiger partial charge < -0.3 is 14.6 Å². The number of aromatic nitrogens is 1. The van der Waals surface area contributed by atoms with Crippen molar-refractivity contribution in [1.29, 1.82) is 0 Å². The summed E-state index contributed by atoms with van der Waals surface area (Å²) >= 11 is 5.04. The summed E-state index contributed by atoms with van der Waals surface area (Å²) in [6, 6.07) is 14.5. The maximum Gasteiger partial charge on any atom is 0.186 e. The highest BCUT2D eigenvalue weighted by Gasteiger charge is 2.07. The Kier molecular flexibility index (Phi) is 6.08. The number of benzene rings is 2. The Balaban J connectivity index is 1.73. The largest absolute Gasteiger partial charge is 0.492 e. The Morgan fingerprint density at radius 3 is 2.67 bits per heavy atom. The molecule has 0 aliphatic heterocycles. The highest BCUT2D eigenvalue weighted by Crippen LogP contribution is 2.21. The van der Waals surface area contributed by atoms with Gasteiger partial charge in [0.2, 0.25) is 0 Å². The molecule has 0 atom stereocenters. The van der Waals surface area contributed by atoms with Gasteiger partial charge in [0.25, 0.3) is 0 Å². The van der Waals surface area contributed by atoms with Gasteiger partial charge in [0, 0.05) is 29.7 Å². The first-order valence-corrected chi connectivity index (χ1v) is 9.27. The SMILES string of the molecule is CNC(=S)NN=Cc1cn(CCOc2cc(C)cc(C)c2)c2ccccc12. The molecule has 0 spiro atoms. The van der Waals surface area contributed by atoms with E-state index in [0.717, 1.165) is 28.8 Å². The second kappa shape index (κ2) is 8.68. The molecule has 0 saturated heterocycles. The lowest BCUT2D eigenvalue weighted by molar-refractivity contribution is 0.300. The summed E-state index contributed by atoms with van der Waals surface area (Å²) in [6.45, 7) is 5.52. The third kappa shape index (κ3) is 4.86. The first kappa shape index (κ1) is 18.9. The number of rotatable bonds is 6. The normalized spacial score (nSPS) is 11.1. The zero-order chi connectivity index (χ0) is 19.2. The minimum Gasteiger partial charge on any atom is -0.492 e. The maximum absolute atomic E-state index is 5.96. The van der Waals surface area contributed by atoms with E-state index in [9.17, 15) is 0 Å². The molecule has 0 amide bonds. The predicted octanol–water partition coefficient (Wildman–Crippen LogP) is 3.76. The quantitative estimate of drug-likeness (QED) is 0.388. The monoisotopic (exact) mass is 380 g/mol. The van der Waals surface area contributed by atoms with E-state index in [0.29, 0.717) is 11.7 Å². The lowest BCUT2D eigenvalue weighted by Crippen LogP contribution is -2.28. The Bertz CT molecular complexity index is 957. The number of hydrazone groups is 1. The smallest absolute Gasteiger partial charge is 0.186 e. The predicted molar refractivity (Wildman–Crippen MR) is 116 cm³/mol. The molecule has 1 aromatic heterocycles. The second-order valence-electron chi connectivity index (χ2n) is 6.42. The first-order valence-electron chi connectivity index (χ1n) is 8.86. The number of fused-ring (bicyclic) bond motifs is 1. The summed E-state index contributed by atoms with van der Waals surface area (Å²) in [5.41, 5.74) is 7.39. The van der Waals surface area contributed by atoms with E-state index in [4.69, 9.17) is 17.0 Å². The zero-order valence-electron chi connectivity index (χ0n) is 15.8. The number of para-hydroxylation sites is 1. The molecule has 5 nitrogen and oxygen atoms in total. The van der Waals surface area contributed by atoms with Crippen LogP contribution in [-0.2, 0) is 6.54 Å². The van der Waals surface area contributed by atoms with Crippen LogP contribution in [-0.4, -0.2) is 29.5 Å². The van der Waals surface area contributed by atoms with Gasteiger partial charge in [-0.3, -0.25) is 5.43 Å². The lowest BCUT2D eigenvalue weighted by atomic mass is 10.1. The standard InChI is InChI=1S/C21H24N4OS/c1-15-10-16(2)12-18(11-15)26-9-8-25-14-17(13-23-24-21(27)22-3)19-6-4-5-7-20(19)25/h4-7,10-14H,8-9H2,1-3H3,(H2,22,24,27). The second-order valence-corrected chi connectivity index (χ2v) is 6.82. The third-order valence-electron chi connectivity index (χ3n) is 4.21. The van der Waals surface area contributed by atoms with Gasteiger partial charge in [0.15, 0.2) is 5.11 Å². The molecule has 0 aliphatic carbocycles. The van der Waals surface area contributed by atoms with Crippen molar-refractivity contribution in [3.63, 3.8) is 0 Å². The van der Waals surface area contributed by atoms with E-state index in [1.54, 1.807) is 13.3 Å². The molecular weight excluding hydrogens is 356 g/mol. The Morgan fingerprint density at radius 2 is 1.93 bits per heavy atom. The van der Waals surface area contributed by atoms with Crippen LogP contribution in [0.5, 0.6) is 5.75 Å². The van der Waals surface area contributed by atoms with Crippen LogP contribution in [0.2, 0.25) is 0 Å². The summed E-state index contributed by atoms with van der Waals surface area (Å²) in [7, 11) is 1.76. The van der Waals surface area contributed by atoms with Crippen LogP contribution >= 0.6 is 12.2 Å². The fourth-order valence-corrected chi connectivity index (χ4v) is 3.11. The molecule has 0 bridgehead atoms. The van der Waals surface area contributed by atoms with Gasteiger partial charge in [-0.25, -0.2) is 0 Å². The van der Waals surface area contributed by atoms with Crippen molar-refractivity contribution in [3.05, 3.63) is 65.4 Å². The van der Waals surface area contributed by atoms with Gasteiger partial charge in [-0.2, -0.15) is 5.10 Å². The fraction of sp³-hybridized carbons (Fsp3) is 0.238. The minimum absolute atomic E-state index is 0.483. The Labute approximate surface area is 165 Å². The first-order chi connectivity index (χ1) is 13.1. The number of nitrogens with zero attached hydrogens (tertiary/aromatic N) is 2. The van der Waals surface area contributed by atoms with E-state index < -0.39 is 0 Å². The summed E-state index contributed by atoms with van der Waals surface area (Å²) in [5, 5.41) is 8.66. The zero-order valence-corrected chi connectivity index (χ0v) is 16.6. The van der Waals surface area contributed by atoms with Crippen molar-refractivity contribution in [3.8, 4) is 5.75 Å². The number of ether oxygens (including phenoxy) is 1. The van der Waals surface area contributed by atoms with Crippen molar-refractivity contribution in [2.45, 2.75) is 20.4 Å².